The molecule has 0 radical (unpaired) electrons. The van der Waals surface area contributed by atoms with Crippen molar-refractivity contribution >= 4 is 12.0 Å². The number of allylic oxidation sites excluding steroid dienone is 1. The SMILES string of the molecule is CCC/C=C/c1cc(OC)c(OC(=O)c2ccccn2)c(OC)c1. The number of hydrogen-bond acceptors (Lipinski definition) is 5. The Morgan fingerprint density at radius 1 is 1.17 bits per heavy atom. The van der Waals surface area contributed by atoms with E-state index in [1.807, 2.05) is 6.08 Å². The molecule has 0 fully saturated rings. The van der Waals surface area contributed by atoms with Gasteiger partial charge in [-0.25, -0.2) is 9.78 Å². The van der Waals surface area contributed by atoms with Crippen molar-refractivity contribution in [3.63, 3.8) is 0 Å². The molecule has 2 aromatic rings. The van der Waals surface area contributed by atoms with Crippen molar-refractivity contribution in [3.8, 4) is 17.2 Å². The maximum Gasteiger partial charge on any atom is 0.362 e. The molecule has 2 rings (SSSR count). The number of carbonyl (C=O) groups excluding carboxylic acids is 1. The second kappa shape index (κ2) is 8.72. The third-order valence-corrected chi connectivity index (χ3v) is 3.32. The van der Waals surface area contributed by atoms with Crippen LogP contribution in [0.15, 0.2) is 42.6 Å². The van der Waals surface area contributed by atoms with Crippen LogP contribution in [0.25, 0.3) is 6.08 Å². The van der Waals surface area contributed by atoms with E-state index < -0.39 is 5.97 Å². The average Bonchev–Trinajstić information content (AvgIpc) is 2.63. The molecule has 0 unspecified atom stereocenters. The van der Waals surface area contributed by atoms with Crippen molar-refractivity contribution in [2.24, 2.45) is 0 Å². The van der Waals surface area contributed by atoms with Gasteiger partial charge in [0.2, 0.25) is 5.75 Å². The lowest BCUT2D eigenvalue weighted by molar-refractivity contribution is 0.0718. The number of benzene rings is 1. The lowest BCUT2D eigenvalue weighted by atomic mass is 10.1. The second-order valence-corrected chi connectivity index (χ2v) is 5.05. The normalized spacial score (nSPS) is 10.6. The number of rotatable bonds is 7. The van der Waals surface area contributed by atoms with E-state index in [0.717, 1.165) is 18.4 Å². The van der Waals surface area contributed by atoms with Crippen LogP contribution in [0.4, 0.5) is 0 Å². The summed E-state index contributed by atoms with van der Waals surface area (Å²) in [6.07, 6.45) is 7.66. The van der Waals surface area contributed by atoms with Gasteiger partial charge in [0.25, 0.3) is 0 Å². The third kappa shape index (κ3) is 4.35. The molecule has 0 aliphatic heterocycles. The molecule has 0 amide bonds. The van der Waals surface area contributed by atoms with Gasteiger partial charge in [-0.05, 0) is 36.2 Å². The molecule has 0 N–H and O–H groups in total. The summed E-state index contributed by atoms with van der Waals surface area (Å²) in [4.78, 5) is 16.2. The van der Waals surface area contributed by atoms with E-state index in [1.54, 1.807) is 30.3 Å². The number of pyridine rings is 1. The van der Waals surface area contributed by atoms with E-state index in [4.69, 9.17) is 14.2 Å². The summed E-state index contributed by atoms with van der Waals surface area (Å²) in [5.74, 6) is 0.523. The van der Waals surface area contributed by atoms with E-state index in [1.165, 1.54) is 20.4 Å². The zero-order valence-corrected chi connectivity index (χ0v) is 14.1. The quantitative estimate of drug-likeness (QED) is 0.565. The molecule has 24 heavy (non-hydrogen) atoms. The van der Waals surface area contributed by atoms with Crippen LogP contribution >= 0.6 is 0 Å². The van der Waals surface area contributed by atoms with Crippen molar-refractivity contribution in [3.05, 3.63) is 53.9 Å². The monoisotopic (exact) mass is 327 g/mol. The van der Waals surface area contributed by atoms with Crippen LogP contribution in [0.5, 0.6) is 17.2 Å². The predicted octanol–water partition coefficient (Wildman–Crippen LogP) is 4.13. The van der Waals surface area contributed by atoms with Crippen molar-refractivity contribution in [1.29, 1.82) is 0 Å². The molecule has 0 saturated heterocycles. The Morgan fingerprint density at radius 2 is 1.88 bits per heavy atom. The van der Waals surface area contributed by atoms with Crippen molar-refractivity contribution in [1.82, 2.24) is 4.98 Å². The average molecular weight is 327 g/mol. The van der Waals surface area contributed by atoms with E-state index in [-0.39, 0.29) is 11.4 Å². The molecule has 126 valence electrons. The van der Waals surface area contributed by atoms with E-state index in [9.17, 15) is 4.79 Å². The summed E-state index contributed by atoms with van der Waals surface area (Å²) >= 11 is 0. The van der Waals surface area contributed by atoms with E-state index >= 15 is 0 Å². The first kappa shape index (κ1) is 17.5. The Bertz CT molecular complexity index is 686. The summed E-state index contributed by atoms with van der Waals surface area (Å²) in [6.45, 7) is 2.12. The first-order valence-electron chi connectivity index (χ1n) is 7.75. The van der Waals surface area contributed by atoms with E-state index in [2.05, 4.69) is 18.0 Å². The molecule has 0 atom stereocenters. The van der Waals surface area contributed by atoms with Crippen LogP contribution < -0.4 is 14.2 Å². The maximum absolute atomic E-state index is 12.2. The summed E-state index contributed by atoms with van der Waals surface area (Å²) in [7, 11) is 3.04. The van der Waals surface area contributed by atoms with Crippen LogP contribution in [0, 0.1) is 0 Å². The van der Waals surface area contributed by atoms with Gasteiger partial charge in [0, 0.05) is 6.20 Å². The summed E-state index contributed by atoms with van der Waals surface area (Å²) in [6, 6.07) is 8.64. The van der Waals surface area contributed by atoms with Crippen LogP contribution in [0.1, 0.15) is 35.8 Å². The molecular weight excluding hydrogens is 306 g/mol. The van der Waals surface area contributed by atoms with Gasteiger partial charge in [0.05, 0.1) is 14.2 Å². The second-order valence-electron chi connectivity index (χ2n) is 5.05. The minimum absolute atomic E-state index is 0.216. The number of methoxy groups -OCH3 is 2. The largest absolute Gasteiger partial charge is 0.493 e. The standard InChI is InChI=1S/C19H21NO4/c1-4-5-6-9-14-12-16(22-2)18(17(13-14)23-3)24-19(21)15-10-7-8-11-20-15/h6-13H,4-5H2,1-3H3/b9-6+. The molecule has 0 spiro atoms. The Hall–Kier alpha value is -2.82. The number of unbranched alkanes of at least 4 members (excludes halogenated alkanes) is 1. The summed E-state index contributed by atoms with van der Waals surface area (Å²) in [5, 5.41) is 0. The van der Waals surface area contributed by atoms with Gasteiger partial charge in [0.1, 0.15) is 5.69 Å². The van der Waals surface area contributed by atoms with Gasteiger partial charge in [-0.1, -0.05) is 31.6 Å². The minimum Gasteiger partial charge on any atom is -0.493 e. The van der Waals surface area contributed by atoms with Crippen LogP contribution in [-0.4, -0.2) is 25.2 Å². The van der Waals surface area contributed by atoms with Gasteiger partial charge in [0.15, 0.2) is 11.5 Å². The van der Waals surface area contributed by atoms with Gasteiger partial charge >= 0.3 is 5.97 Å². The highest BCUT2D eigenvalue weighted by atomic mass is 16.6. The van der Waals surface area contributed by atoms with Crippen molar-refractivity contribution < 1.29 is 19.0 Å². The fourth-order valence-electron chi connectivity index (χ4n) is 2.11. The summed E-state index contributed by atoms with van der Waals surface area (Å²) < 4.78 is 16.2. The lowest BCUT2D eigenvalue weighted by Crippen LogP contribution is -2.11. The molecular formula is C19H21NO4. The first-order chi connectivity index (χ1) is 11.7. The molecule has 5 heteroatoms. The Labute approximate surface area is 141 Å². The van der Waals surface area contributed by atoms with E-state index in [0.29, 0.717) is 11.5 Å². The van der Waals surface area contributed by atoms with Gasteiger partial charge in [-0.15, -0.1) is 0 Å². The van der Waals surface area contributed by atoms with Crippen LogP contribution in [0.3, 0.4) is 0 Å². The highest BCUT2D eigenvalue weighted by molar-refractivity contribution is 5.89. The van der Waals surface area contributed by atoms with Crippen LogP contribution in [-0.2, 0) is 0 Å². The predicted molar refractivity (Wildman–Crippen MR) is 92.7 cm³/mol. The fraction of sp³-hybridized carbons (Fsp3) is 0.263. The van der Waals surface area contributed by atoms with Gasteiger partial charge in [-0.3, -0.25) is 0 Å². The Balaban J connectivity index is 2.33. The summed E-state index contributed by atoms with van der Waals surface area (Å²) in [5.41, 5.74) is 1.13. The Kier molecular flexibility index (Phi) is 6.37. The minimum atomic E-state index is -0.568. The topological polar surface area (TPSA) is 57.7 Å². The number of hydrogen-bond donors (Lipinski definition) is 0. The third-order valence-electron chi connectivity index (χ3n) is 3.32. The number of nitrogens with zero attached hydrogens (tertiary/aromatic N) is 1. The first-order valence-corrected chi connectivity index (χ1v) is 7.75. The Morgan fingerprint density at radius 3 is 2.42 bits per heavy atom. The fourth-order valence-corrected chi connectivity index (χ4v) is 2.11. The maximum atomic E-state index is 12.2. The molecule has 5 nitrogen and oxygen atoms in total. The zero-order chi connectivity index (χ0) is 17.4. The number of aromatic nitrogens is 1. The van der Waals surface area contributed by atoms with Gasteiger partial charge in [-0.2, -0.15) is 0 Å². The molecule has 1 aromatic heterocycles. The molecule has 1 aromatic carbocycles. The highest BCUT2D eigenvalue weighted by Gasteiger charge is 2.19. The number of ether oxygens (including phenoxy) is 3. The van der Waals surface area contributed by atoms with Crippen LogP contribution in [0.2, 0.25) is 0 Å². The van der Waals surface area contributed by atoms with Crippen molar-refractivity contribution in [2.75, 3.05) is 14.2 Å². The zero-order valence-electron chi connectivity index (χ0n) is 14.1. The number of esters is 1. The molecule has 0 aliphatic rings. The molecule has 0 saturated carbocycles. The molecule has 1 heterocycles. The lowest BCUT2D eigenvalue weighted by Gasteiger charge is -2.14. The molecule has 0 aliphatic carbocycles. The van der Waals surface area contributed by atoms with Gasteiger partial charge < -0.3 is 14.2 Å². The van der Waals surface area contributed by atoms with Crippen molar-refractivity contribution in [2.45, 2.75) is 19.8 Å². The highest BCUT2D eigenvalue weighted by Crippen LogP contribution is 2.39. The number of carbonyl (C=O) groups is 1. The molecule has 0 bridgehead atoms. The smallest absolute Gasteiger partial charge is 0.362 e.